The molecule has 0 aliphatic carbocycles. The molecule has 1 rings (SSSR count). The molecular weight excluding hydrogens is 214 g/mol. The van der Waals surface area contributed by atoms with Gasteiger partial charge < -0.3 is 10.8 Å². The average molecular weight is 229 g/mol. The predicted octanol–water partition coefficient (Wildman–Crippen LogP) is 0.223. The molecule has 0 heterocycles. The standard InChI is InChI=1S/C10H15NO3S/c1-15(13,14)7-10(12)9-4-2-8(6-11)3-5-9/h2-5,10,12H,6-7,11H2,1H3. The monoisotopic (exact) mass is 229 g/mol. The zero-order chi connectivity index (χ0) is 11.5. The van der Waals surface area contributed by atoms with Gasteiger partial charge in [0.15, 0.2) is 0 Å². The van der Waals surface area contributed by atoms with E-state index in [1.165, 1.54) is 0 Å². The molecule has 0 radical (unpaired) electrons. The van der Waals surface area contributed by atoms with Crippen LogP contribution in [0.1, 0.15) is 17.2 Å². The van der Waals surface area contributed by atoms with E-state index in [0.29, 0.717) is 12.1 Å². The second kappa shape index (κ2) is 4.74. The van der Waals surface area contributed by atoms with Crippen LogP contribution < -0.4 is 5.73 Å². The molecule has 0 saturated heterocycles. The normalized spacial score (nSPS) is 13.8. The minimum atomic E-state index is -3.16. The Morgan fingerprint density at radius 3 is 2.27 bits per heavy atom. The molecule has 4 nitrogen and oxygen atoms in total. The van der Waals surface area contributed by atoms with Gasteiger partial charge >= 0.3 is 0 Å². The van der Waals surface area contributed by atoms with Gasteiger partial charge in [0, 0.05) is 12.8 Å². The summed E-state index contributed by atoms with van der Waals surface area (Å²) in [5, 5.41) is 9.61. The third kappa shape index (κ3) is 3.99. The predicted molar refractivity (Wildman–Crippen MR) is 59.0 cm³/mol. The van der Waals surface area contributed by atoms with Crippen molar-refractivity contribution in [3.63, 3.8) is 0 Å². The lowest BCUT2D eigenvalue weighted by Crippen LogP contribution is -2.12. The Hall–Kier alpha value is -0.910. The van der Waals surface area contributed by atoms with Gasteiger partial charge in [-0.3, -0.25) is 0 Å². The number of benzene rings is 1. The Balaban J connectivity index is 2.78. The van der Waals surface area contributed by atoms with Crippen LogP contribution in [0.4, 0.5) is 0 Å². The molecule has 1 unspecified atom stereocenters. The summed E-state index contributed by atoms with van der Waals surface area (Å²) >= 11 is 0. The van der Waals surface area contributed by atoms with Crippen molar-refractivity contribution in [1.29, 1.82) is 0 Å². The molecule has 0 aromatic heterocycles. The highest BCUT2D eigenvalue weighted by atomic mass is 32.2. The van der Waals surface area contributed by atoms with Crippen LogP contribution in [0.25, 0.3) is 0 Å². The van der Waals surface area contributed by atoms with Crippen molar-refractivity contribution >= 4 is 9.84 Å². The topological polar surface area (TPSA) is 80.4 Å². The maximum atomic E-state index is 11.0. The summed E-state index contributed by atoms with van der Waals surface area (Å²) in [6.07, 6.45) is 0.136. The fourth-order valence-electron chi connectivity index (χ4n) is 1.26. The highest BCUT2D eigenvalue weighted by Gasteiger charge is 2.13. The second-order valence-electron chi connectivity index (χ2n) is 3.55. The Morgan fingerprint density at radius 2 is 1.87 bits per heavy atom. The maximum Gasteiger partial charge on any atom is 0.150 e. The molecule has 0 fully saturated rings. The number of hydrogen-bond acceptors (Lipinski definition) is 4. The third-order valence-corrected chi connectivity index (χ3v) is 2.98. The lowest BCUT2D eigenvalue weighted by molar-refractivity contribution is 0.202. The van der Waals surface area contributed by atoms with E-state index in [1.54, 1.807) is 24.3 Å². The molecule has 0 aliphatic rings. The van der Waals surface area contributed by atoms with Crippen molar-refractivity contribution < 1.29 is 13.5 Å². The Morgan fingerprint density at radius 1 is 1.33 bits per heavy atom. The number of aliphatic hydroxyl groups is 1. The van der Waals surface area contributed by atoms with Crippen molar-refractivity contribution in [3.05, 3.63) is 35.4 Å². The first-order chi connectivity index (χ1) is 6.92. The van der Waals surface area contributed by atoms with Crippen molar-refractivity contribution in [3.8, 4) is 0 Å². The van der Waals surface area contributed by atoms with Crippen molar-refractivity contribution in [1.82, 2.24) is 0 Å². The van der Waals surface area contributed by atoms with Crippen molar-refractivity contribution in [2.24, 2.45) is 5.73 Å². The number of rotatable bonds is 4. The highest BCUT2D eigenvalue weighted by Crippen LogP contribution is 2.15. The van der Waals surface area contributed by atoms with E-state index < -0.39 is 15.9 Å². The van der Waals surface area contributed by atoms with E-state index in [9.17, 15) is 13.5 Å². The summed E-state index contributed by atoms with van der Waals surface area (Å²) in [6, 6.07) is 6.94. The molecule has 0 bridgehead atoms. The number of nitrogens with two attached hydrogens (primary N) is 1. The first kappa shape index (κ1) is 12.2. The van der Waals surface area contributed by atoms with Crippen LogP contribution >= 0.6 is 0 Å². The van der Waals surface area contributed by atoms with E-state index >= 15 is 0 Å². The Kier molecular flexibility index (Phi) is 3.84. The largest absolute Gasteiger partial charge is 0.387 e. The zero-order valence-corrected chi connectivity index (χ0v) is 9.37. The summed E-state index contributed by atoms with van der Waals surface area (Å²) in [7, 11) is -3.16. The summed E-state index contributed by atoms with van der Waals surface area (Å²) in [4.78, 5) is 0. The first-order valence-electron chi connectivity index (χ1n) is 4.57. The molecule has 0 aliphatic heterocycles. The van der Waals surface area contributed by atoms with Crippen LogP contribution in [0, 0.1) is 0 Å². The molecular formula is C10H15NO3S. The van der Waals surface area contributed by atoms with E-state index in [1.807, 2.05) is 0 Å². The molecule has 1 atom stereocenters. The van der Waals surface area contributed by atoms with Gasteiger partial charge in [-0.1, -0.05) is 24.3 Å². The second-order valence-corrected chi connectivity index (χ2v) is 5.74. The van der Waals surface area contributed by atoms with E-state index in [0.717, 1.165) is 11.8 Å². The van der Waals surface area contributed by atoms with Gasteiger partial charge in [-0.25, -0.2) is 8.42 Å². The Bertz CT molecular complexity index is 411. The summed E-state index contributed by atoms with van der Waals surface area (Å²) in [6.45, 7) is 0.433. The number of aliphatic hydroxyl groups excluding tert-OH is 1. The van der Waals surface area contributed by atoms with Gasteiger partial charge in [0.1, 0.15) is 9.84 Å². The van der Waals surface area contributed by atoms with Gasteiger partial charge in [0.2, 0.25) is 0 Å². The molecule has 1 aromatic rings. The molecule has 84 valence electrons. The molecule has 0 saturated carbocycles. The summed E-state index contributed by atoms with van der Waals surface area (Å²) in [5.74, 6) is -0.255. The van der Waals surface area contributed by atoms with Gasteiger partial charge in [0.25, 0.3) is 0 Å². The first-order valence-corrected chi connectivity index (χ1v) is 6.63. The smallest absolute Gasteiger partial charge is 0.150 e. The van der Waals surface area contributed by atoms with Crippen LogP contribution in [-0.2, 0) is 16.4 Å². The van der Waals surface area contributed by atoms with Gasteiger partial charge in [-0.05, 0) is 11.1 Å². The molecule has 3 N–H and O–H groups in total. The van der Waals surface area contributed by atoms with Crippen molar-refractivity contribution in [2.45, 2.75) is 12.6 Å². The maximum absolute atomic E-state index is 11.0. The van der Waals surface area contributed by atoms with Gasteiger partial charge in [-0.2, -0.15) is 0 Å². The van der Waals surface area contributed by atoms with E-state index in [4.69, 9.17) is 5.73 Å². The molecule has 1 aromatic carbocycles. The minimum Gasteiger partial charge on any atom is -0.387 e. The van der Waals surface area contributed by atoms with Gasteiger partial charge in [0.05, 0.1) is 11.9 Å². The van der Waals surface area contributed by atoms with Crippen LogP contribution in [0.3, 0.4) is 0 Å². The fourth-order valence-corrected chi connectivity index (χ4v) is 2.02. The molecule has 15 heavy (non-hydrogen) atoms. The lowest BCUT2D eigenvalue weighted by Gasteiger charge is -2.09. The van der Waals surface area contributed by atoms with Crippen LogP contribution in [0.2, 0.25) is 0 Å². The quantitative estimate of drug-likeness (QED) is 0.774. The van der Waals surface area contributed by atoms with Crippen molar-refractivity contribution in [2.75, 3.05) is 12.0 Å². The Labute approximate surface area is 89.7 Å². The molecule has 5 heteroatoms. The van der Waals surface area contributed by atoms with E-state index in [-0.39, 0.29) is 5.75 Å². The van der Waals surface area contributed by atoms with E-state index in [2.05, 4.69) is 0 Å². The fraction of sp³-hybridized carbons (Fsp3) is 0.400. The molecule has 0 spiro atoms. The third-order valence-electron chi connectivity index (χ3n) is 2.06. The van der Waals surface area contributed by atoms with Gasteiger partial charge in [-0.15, -0.1) is 0 Å². The van der Waals surface area contributed by atoms with Crippen LogP contribution in [0.5, 0.6) is 0 Å². The summed E-state index contributed by atoms with van der Waals surface area (Å²) < 4.78 is 21.9. The average Bonchev–Trinajstić information content (AvgIpc) is 2.15. The summed E-state index contributed by atoms with van der Waals surface area (Å²) in [5.41, 5.74) is 6.96. The zero-order valence-electron chi connectivity index (χ0n) is 8.55. The highest BCUT2D eigenvalue weighted by molar-refractivity contribution is 7.90. The number of hydrogen-bond donors (Lipinski definition) is 2. The number of sulfone groups is 1. The van der Waals surface area contributed by atoms with Crippen LogP contribution in [-0.4, -0.2) is 25.5 Å². The SMILES string of the molecule is CS(=O)(=O)CC(O)c1ccc(CN)cc1. The molecule has 0 amide bonds. The van der Waals surface area contributed by atoms with Crippen LogP contribution in [0.15, 0.2) is 24.3 Å². The minimum absolute atomic E-state index is 0.255. The lowest BCUT2D eigenvalue weighted by atomic mass is 10.1.